The van der Waals surface area contributed by atoms with Gasteiger partial charge in [-0.05, 0) is 55.8 Å². The van der Waals surface area contributed by atoms with Gasteiger partial charge >= 0.3 is 0 Å². The van der Waals surface area contributed by atoms with Crippen molar-refractivity contribution in [1.82, 2.24) is 0 Å². The fourth-order valence-corrected chi connectivity index (χ4v) is 4.24. The van der Waals surface area contributed by atoms with Crippen LogP contribution in [0.25, 0.3) is 0 Å². The number of rotatable bonds is 3. The summed E-state index contributed by atoms with van der Waals surface area (Å²) in [6.07, 6.45) is 1.03. The Balaban J connectivity index is 2.76. The van der Waals surface area contributed by atoms with E-state index in [1.807, 2.05) is 0 Å². The minimum Gasteiger partial charge on any atom is -0.324 e. The normalized spacial score (nSPS) is 13.7. The van der Waals surface area contributed by atoms with Gasteiger partial charge in [0.25, 0.3) is 0 Å². The Morgan fingerprint density at radius 3 is 2.46 bits per heavy atom. The lowest BCUT2D eigenvalue weighted by molar-refractivity contribution is 0.510. The van der Waals surface area contributed by atoms with Crippen molar-refractivity contribution in [3.8, 4) is 0 Å². The van der Waals surface area contributed by atoms with Crippen molar-refractivity contribution in [2.75, 3.05) is 0 Å². The van der Waals surface area contributed by atoms with E-state index in [1.165, 1.54) is 5.56 Å². The molecule has 0 saturated carbocycles. The summed E-state index contributed by atoms with van der Waals surface area (Å²) in [7, 11) is 0. The zero-order valence-corrected chi connectivity index (χ0v) is 11.7. The molecule has 74 valence electrons. The van der Waals surface area contributed by atoms with E-state index >= 15 is 0 Å². The average molecular weight is 327 g/mol. The topological polar surface area (TPSA) is 26.0 Å². The molecule has 1 nitrogen and oxygen atoms in total. The van der Waals surface area contributed by atoms with Gasteiger partial charge in [0, 0.05) is 6.04 Å². The Labute approximate surface area is 100.0 Å². The summed E-state index contributed by atoms with van der Waals surface area (Å²) >= 11 is 8.64. The highest BCUT2D eigenvalue weighted by Gasteiger charge is 2.14. The molecule has 1 atom stereocenters. The van der Waals surface area contributed by atoms with Gasteiger partial charge in [-0.3, -0.25) is 0 Å². The lowest BCUT2D eigenvalue weighted by Gasteiger charge is -2.12. The second-order valence-corrected chi connectivity index (χ2v) is 7.26. The lowest BCUT2D eigenvalue weighted by atomic mass is 10.0. The second kappa shape index (κ2) is 4.91. The third-order valence-corrected chi connectivity index (χ3v) is 4.19. The molecule has 1 rings (SSSR count). The fourth-order valence-electron chi connectivity index (χ4n) is 1.24. The van der Waals surface area contributed by atoms with Gasteiger partial charge in [-0.1, -0.05) is 13.8 Å². The molecule has 0 spiro atoms. The number of thiophene rings is 1. The molecule has 0 aliphatic carbocycles. The molecule has 2 N–H and O–H groups in total. The van der Waals surface area contributed by atoms with Crippen molar-refractivity contribution in [3.05, 3.63) is 19.2 Å². The molecule has 1 unspecified atom stereocenters. The van der Waals surface area contributed by atoms with Crippen LogP contribution in [0.1, 0.15) is 31.9 Å². The molecule has 0 saturated heterocycles. The lowest BCUT2D eigenvalue weighted by Crippen LogP contribution is -2.12. The maximum absolute atomic E-state index is 6.07. The minimum absolute atomic E-state index is 0.150. The summed E-state index contributed by atoms with van der Waals surface area (Å²) in [5, 5.41) is 0. The van der Waals surface area contributed by atoms with Crippen LogP contribution in [-0.4, -0.2) is 0 Å². The minimum atomic E-state index is 0.150. The van der Waals surface area contributed by atoms with E-state index in [4.69, 9.17) is 5.73 Å². The molecule has 4 heteroatoms. The molecule has 0 aliphatic heterocycles. The molecule has 1 aromatic heterocycles. The van der Waals surface area contributed by atoms with E-state index in [2.05, 4.69) is 51.8 Å². The van der Waals surface area contributed by atoms with Crippen LogP contribution < -0.4 is 5.73 Å². The largest absolute Gasteiger partial charge is 0.324 e. The first-order chi connectivity index (χ1) is 6.00. The third-order valence-electron chi connectivity index (χ3n) is 1.81. The van der Waals surface area contributed by atoms with Crippen LogP contribution in [0.15, 0.2) is 13.6 Å². The van der Waals surface area contributed by atoms with Gasteiger partial charge in [-0.2, -0.15) is 0 Å². The van der Waals surface area contributed by atoms with Crippen LogP contribution in [0, 0.1) is 5.92 Å². The van der Waals surface area contributed by atoms with Crippen LogP contribution in [-0.2, 0) is 0 Å². The summed E-state index contributed by atoms with van der Waals surface area (Å²) in [6, 6.07) is 2.25. The van der Waals surface area contributed by atoms with Crippen LogP contribution in [0.4, 0.5) is 0 Å². The van der Waals surface area contributed by atoms with Crippen molar-refractivity contribution in [2.45, 2.75) is 26.3 Å². The Kier molecular flexibility index (Phi) is 4.42. The summed E-state index contributed by atoms with van der Waals surface area (Å²) in [5.41, 5.74) is 7.28. The Hall–Kier alpha value is 0.620. The number of hydrogen-bond acceptors (Lipinski definition) is 2. The molecule has 1 aromatic rings. The third kappa shape index (κ3) is 3.35. The molecule has 0 radical (unpaired) electrons. The highest BCUT2D eigenvalue weighted by atomic mass is 79.9. The van der Waals surface area contributed by atoms with Gasteiger partial charge in [-0.15, -0.1) is 11.3 Å². The van der Waals surface area contributed by atoms with E-state index in [0.717, 1.165) is 14.0 Å². The zero-order valence-electron chi connectivity index (χ0n) is 7.68. The fraction of sp³-hybridized carbons (Fsp3) is 0.556. The summed E-state index contributed by atoms with van der Waals surface area (Å²) < 4.78 is 2.28. The van der Waals surface area contributed by atoms with Gasteiger partial charge < -0.3 is 5.73 Å². The van der Waals surface area contributed by atoms with Gasteiger partial charge in [-0.25, -0.2) is 0 Å². The Morgan fingerprint density at radius 1 is 1.46 bits per heavy atom. The van der Waals surface area contributed by atoms with Crippen molar-refractivity contribution in [1.29, 1.82) is 0 Å². The van der Waals surface area contributed by atoms with Crippen LogP contribution in [0.5, 0.6) is 0 Å². The monoisotopic (exact) mass is 325 g/mol. The highest BCUT2D eigenvalue weighted by molar-refractivity contribution is 9.12. The maximum atomic E-state index is 6.07. The van der Waals surface area contributed by atoms with Crippen LogP contribution >= 0.6 is 43.2 Å². The molecule has 0 fully saturated rings. The molecular formula is C9H13Br2NS. The molecule has 0 aromatic carbocycles. The first kappa shape index (κ1) is 11.7. The van der Waals surface area contributed by atoms with E-state index < -0.39 is 0 Å². The number of nitrogens with two attached hydrogens (primary N) is 1. The van der Waals surface area contributed by atoms with E-state index in [-0.39, 0.29) is 6.04 Å². The van der Waals surface area contributed by atoms with Gasteiger partial charge in [0.05, 0.1) is 7.57 Å². The van der Waals surface area contributed by atoms with Gasteiger partial charge in [0.2, 0.25) is 0 Å². The van der Waals surface area contributed by atoms with Crippen LogP contribution in [0.3, 0.4) is 0 Å². The van der Waals surface area contributed by atoms with E-state index in [0.29, 0.717) is 5.92 Å². The van der Waals surface area contributed by atoms with Crippen molar-refractivity contribution >= 4 is 43.2 Å². The molecular weight excluding hydrogens is 314 g/mol. The zero-order chi connectivity index (χ0) is 10.0. The average Bonchev–Trinajstić information content (AvgIpc) is 2.28. The van der Waals surface area contributed by atoms with Crippen molar-refractivity contribution in [2.24, 2.45) is 11.7 Å². The molecule has 0 aliphatic rings. The molecule has 0 bridgehead atoms. The molecule has 13 heavy (non-hydrogen) atoms. The SMILES string of the molecule is CC(C)CC(N)c1cc(Br)sc1Br. The first-order valence-corrected chi connectivity index (χ1v) is 6.61. The molecule has 0 amide bonds. The quantitative estimate of drug-likeness (QED) is 0.879. The summed E-state index contributed by atoms with van der Waals surface area (Å²) in [5.74, 6) is 0.639. The maximum Gasteiger partial charge on any atom is 0.0758 e. The number of hydrogen-bond donors (Lipinski definition) is 1. The smallest absolute Gasteiger partial charge is 0.0758 e. The highest BCUT2D eigenvalue weighted by Crippen LogP contribution is 2.36. The van der Waals surface area contributed by atoms with Crippen molar-refractivity contribution in [3.63, 3.8) is 0 Å². The van der Waals surface area contributed by atoms with Gasteiger partial charge in [0.15, 0.2) is 0 Å². The summed E-state index contributed by atoms with van der Waals surface area (Å²) in [4.78, 5) is 0. The first-order valence-electron chi connectivity index (χ1n) is 4.21. The second-order valence-electron chi connectivity index (χ2n) is 3.52. The standard InChI is InChI=1S/C9H13Br2NS/c1-5(2)3-7(12)6-4-8(10)13-9(6)11/h4-5,7H,3,12H2,1-2H3. The summed E-state index contributed by atoms with van der Waals surface area (Å²) in [6.45, 7) is 4.38. The van der Waals surface area contributed by atoms with E-state index in [9.17, 15) is 0 Å². The molecule has 1 heterocycles. The van der Waals surface area contributed by atoms with Crippen LogP contribution in [0.2, 0.25) is 0 Å². The van der Waals surface area contributed by atoms with Crippen molar-refractivity contribution < 1.29 is 0 Å². The number of halogens is 2. The van der Waals surface area contributed by atoms with E-state index in [1.54, 1.807) is 11.3 Å². The Bertz CT molecular complexity index is 283. The predicted octanol–water partition coefficient (Wildman–Crippen LogP) is 4.32. The Morgan fingerprint density at radius 2 is 2.08 bits per heavy atom. The predicted molar refractivity (Wildman–Crippen MR) is 66.1 cm³/mol. The van der Waals surface area contributed by atoms with Gasteiger partial charge in [0.1, 0.15) is 0 Å².